The number of carboxylic acid groups (broad SMARTS) is 2. The normalized spacial score (nSPS) is 12.7. The smallest absolute Gasteiger partial charge is 0.345 e. The van der Waals surface area contributed by atoms with Crippen LogP contribution in [0.2, 0.25) is 0 Å². The van der Waals surface area contributed by atoms with Gasteiger partial charge in [-0.2, -0.15) is 0 Å². The molecule has 0 unspecified atom stereocenters. The topological polar surface area (TPSA) is 173 Å². The molecule has 1 saturated heterocycles. The fraction of sp³-hybridized carbons (Fsp3) is 0.294. The van der Waals surface area contributed by atoms with Crippen LogP contribution in [0.1, 0.15) is 65.0 Å². The lowest BCUT2D eigenvalue weighted by Gasteiger charge is -2.31. The van der Waals surface area contributed by atoms with Crippen molar-refractivity contribution in [3.8, 4) is 34.0 Å². The Morgan fingerprint density at radius 3 is 2.13 bits per heavy atom. The molecule has 2 aromatic heterocycles. The molecule has 0 radical (unpaired) electrons. The second kappa shape index (κ2) is 14.6. The van der Waals surface area contributed by atoms with E-state index in [4.69, 9.17) is 9.84 Å². The number of carbonyl (C=O) groups is 2. The highest BCUT2D eigenvalue weighted by Gasteiger charge is 2.24. The van der Waals surface area contributed by atoms with Gasteiger partial charge in [-0.15, -0.1) is 0 Å². The molecule has 3 heterocycles. The molecule has 2 aromatic carbocycles. The van der Waals surface area contributed by atoms with E-state index >= 15 is 0 Å². The summed E-state index contributed by atoms with van der Waals surface area (Å²) < 4.78 is 19.0. The van der Waals surface area contributed by atoms with E-state index in [1.54, 1.807) is 13.0 Å². The molecule has 11 nitrogen and oxygen atoms in total. The maximum absolute atomic E-state index is 14.1. The molecule has 0 saturated carbocycles. The van der Waals surface area contributed by atoms with Gasteiger partial charge in [-0.25, -0.2) is 14.0 Å². The number of methoxy groups -OCH3 is 1. The Hall–Kier alpha value is -5.39. The SMILES string of the molecule is CCc1c(-c2ccccc2N2CCCCC2)[nH]c(=O)c(C(=O)O)c1O.CCc1cc(C(=O)O)c(=O)[nH]c1-c1ccc(OC)cc1F. The number of aryl methyl sites for hydroxylation is 1. The molecular weight excluding hydrogens is 597 g/mol. The molecule has 46 heavy (non-hydrogen) atoms. The molecule has 12 heteroatoms. The van der Waals surface area contributed by atoms with E-state index in [9.17, 15) is 33.8 Å². The number of pyridine rings is 2. The minimum absolute atomic E-state index is 0.196. The molecule has 0 atom stereocenters. The van der Waals surface area contributed by atoms with Gasteiger partial charge >= 0.3 is 11.9 Å². The molecular formula is C34H36FN3O8. The lowest BCUT2D eigenvalue weighted by Crippen LogP contribution is -2.30. The summed E-state index contributed by atoms with van der Waals surface area (Å²) >= 11 is 0. The van der Waals surface area contributed by atoms with Crippen LogP contribution < -0.4 is 20.8 Å². The molecule has 0 spiro atoms. The highest BCUT2D eigenvalue weighted by Crippen LogP contribution is 2.36. The van der Waals surface area contributed by atoms with E-state index in [2.05, 4.69) is 14.9 Å². The second-order valence-electron chi connectivity index (χ2n) is 10.7. The van der Waals surface area contributed by atoms with Gasteiger partial charge in [0.15, 0.2) is 5.56 Å². The largest absolute Gasteiger partial charge is 0.506 e. The quantitative estimate of drug-likeness (QED) is 0.169. The Balaban J connectivity index is 0.000000212. The van der Waals surface area contributed by atoms with Crippen molar-refractivity contribution in [1.82, 2.24) is 9.97 Å². The molecule has 4 aromatic rings. The number of aromatic nitrogens is 2. The molecule has 0 aliphatic carbocycles. The van der Waals surface area contributed by atoms with Crippen LogP contribution in [0.3, 0.4) is 0 Å². The van der Waals surface area contributed by atoms with Gasteiger partial charge in [-0.3, -0.25) is 9.59 Å². The van der Waals surface area contributed by atoms with Crippen molar-refractivity contribution in [1.29, 1.82) is 0 Å². The first-order valence-corrected chi connectivity index (χ1v) is 14.9. The van der Waals surface area contributed by atoms with E-state index < -0.39 is 40.2 Å². The van der Waals surface area contributed by atoms with Crippen molar-refractivity contribution in [3.05, 3.63) is 97.3 Å². The number of benzene rings is 2. The monoisotopic (exact) mass is 633 g/mol. The van der Waals surface area contributed by atoms with Crippen molar-refractivity contribution < 1.29 is 34.0 Å². The van der Waals surface area contributed by atoms with Crippen LogP contribution in [0, 0.1) is 5.82 Å². The summed E-state index contributed by atoms with van der Waals surface area (Å²) in [5, 5.41) is 28.5. The maximum Gasteiger partial charge on any atom is 0.345 e. The first kappa shape index (κ1) is 33.5. The van der Waals surface area contributed by atoms with Crippen LogP contribution >= 0.6 is 0 Å². The zero-order chi connectivity index (χ0) is 33.5. The number of aromatic carboxylic acids is 2. The molecule has 1 aliphatic heterocycles. The van der Waals surface area contributed by atoms with Crippen LogP contribution in [0.15, 0.2) is 58.1 Å². The number of halogens is 1. The fourth-order valence-corrected chi connectivity index (χ4v) is 5.57. The summed E-state index contributed by atoms with van der Waals surface area (Å²) in [6, 6.07) is 13.3. The van der Waals surface area contributed by atoms with Crippen LogP contribution in [-0.2, 0) is 12.8 Å². The number of ether oxygens (including phenoxy) is 1. The average Bonchev–Trinajstić information content (AvgIpc) is 3.04. The first-order valence-electron chi connectivity index (χ1n) is 14.9. The van der Waals surface area contributed by atoms with Crippen molar-refractivity contribution in [3.63, 3.8) is 0 Å². The van der Waals surface area contributed by atoms with E-state index in [0.29, 0.717) is 35.4 Å². The Bertz CT molecular complexity index is 1880. The molecule has 242 valence electrons. The molecule has 1 fully saturated rings. The van der Waals surface area contributed by atoms with Crippen LogP contribution in [-0.4, -0.2) is 57.4 Å². The van der Waals surface area contributed by atoms with Gasteiger partial charge in [0.1, 0.15) is 22.9 Å². The van der Waals surface area contributed by atoms with Gasteiger partial charge in [-0.1, -0.05) is 32.0 Å². The fourth-order valence-electron chi connectivity index (χ4n) is 5.57. The number of piperidine rings is 1. The number of para-hydroxylation sites is 1. The van der Waals surface area contributed by atoms with Crippen LogP contribution in [0.5, 0.6) is 11.5 Å². The van der Waals surface area contributed by atoms with Gasteiger partial charge in [0.05, 0.1) is 18.5 Å². The maximum atomic E-state index is 14.1. The molecule has 1 aliphatic rings. The Morgan fingerprint density at radius 1 is 0.870 bits per heavy atom. The van der Waals surface area contributed by atoms with Crippen molar-refractivity contribution >= 4 is 17.6 Å². The number of rotatable bonds is 8. The van der Waals surface area contributed by atoms with Gasteiger partial charge < -0.3 is 34.9 Å². The van der Waals surface area contributed by atoms with Gasteiger partial charge in [0.2, 0.25) is 0 Å². The predicted molar refractivity (Wildman–Crippen MR) is 172 cm³/mol. The number of anilines is 1. The van der Waals surface area contributed by atoms with E-state index in [-0.39, 0.29) is 16.8 Å². The number of nitrogens with zero attached hydrogens (tertiary/aromatic N) is 1. The van der Waals surface area contributed by atoms with E-state index in [0.717, 1.165) is 37.2 Å². The number of hydrogen-bond acceptors (Lipinski definition) is 7. The summed E-state index contributed by atoms with van der Waals surface area (Å²) in [6.45, 7) is 5.51. The zero-order valence-electron chi connectivity index (χ0n) is 25.8. The summed E-state index contributed by atoms with van der Waals surface area (Å²) in [5.41, 5.74) is 1.28. The minimum Gasteiger partial charge on any atom is -0.506 e. The first-order chi connectivity index (χ1) is 22.0. The number of carboxylic acids is 2. The summed E-state index contributed by atoms with van der Waals surface area (Å²) in [4.78, 5) is 53.7. The highest BCUT2D eigenvalue weighted by molar-refractivity contribution is 5.92. The van der Waals surface area contributed by atoms with Crippen molar-refractivity contribution in [2.45, 2.75) is 46.0 Å². The lowest BCUT2D eigenvalue weighted by atomic mass is 9.98. The third kappa shape index (κ3) is 6.96. The van der Waals surface area contributed by atoms with E-state index in [1.165, 1.54) is 31.7 Å². The summed E-state index contributed by atoms with van der Waals surface area (Å²) in [6.07, 6.45) is 4.32. The molecule has 5 rings (SSSR count). The number of hydrogen-bond donors (Lipinski definition) is 5. The predicted octanol–water partition coefficient (Wildman–Crippen LogP) is 5.45. The standard InChI is InChI=1S/C19H22N2O4.C15H14FNO4/c1-2-12-16(20-18(23)15(17(12)22)19(24)25)13-8-4-5-9-14(13)21-10-6-3-7-11-21;1-3-8-6-11(15(19)20)14(18)17-13(8)10-5-4-9(21-2)7-12(10)16/h4-5,8-9H,2-3,6-7,10-11H2,1H3,(H,24,25)(H2,20,22,23);4-7H,3H2,1-2H3,(H,17,18)(H,19,20). The molecule has 0 bridgehead atoms. The molecule has 0 amide bonds. The third-order valence-electron chi connectivity index (χ3n) is 7.91. The highest BCUT2D eigenvalue weighted by atomic mass is 19.1. The number of nitrogens with one attached hydrogen (secondary N) is 2. The van der Waals surface area contributed by atoms with Crippen molar-refractivity contribution in [2.75, 3.05) is 25.1 Å². The van der Waals surface area contributed by atoms with E-state index in [1.807, 2.05) is 31.2 Å². The van der Waals surface area contributed by atoms with Crippen molar-refractivity contribution in [2.24, 2.45) is 0 Å². The number of H-pyrrole nitrogens is 2. The second-order valence-corrected chi connectivity index (χ2v) is 10.7. The Kier molecular flexibility index (Phi) is 10.6. The van der Waals surface area contributed by atoms with Gasteiger partial charge in [-0.05, 0) is 61.9 Å². The van der Waals surface area contributed by atoms with Crippen LogP contribution in [0.25, 0.3) is 22.5 Å². The Labute approximate surface area is 263 Å². The van der Waals surface area contributed by atoms with Crippen LogP contribution in [0.4, 0.5) is 10.1 Å². The van der Waals surface area contributed by atoms with Gasteiger partial charge in [0, 0.05) is 41.5 Å². The third-order valence-corrected chi connectivity index (χ3v) is 7.91. The number of aromatic amines is 2. The van der Waals surface area contributed by atoms with Gasteiger partial charge in [0.25, 0.3) is 11.1 Å². The summed E-state index contributed by atoms with van der Waals surface area (Å²) in [5.74, 6) is -3.37. The number of aromatic hydroxyl groups is 1. The average molecular weight is 634 g/mol. The lowest BCUT2D eigenvalue weighted by molar-refractivity contribution is 0.0682. The zero-order valence-corrected chi connectivity index (χ0v) is 25.8. The Morgan fingerprint density at radius 2 is 1.54 bits per heavy atom. The summed E-state index contributed by atoms with van der Waals surface area (Å²) in [7, 11) is 1.43. The molecule has 5 N–H and O–H groups in total. The minimum atomic E-state index is -1.43.